The van der Waals surface area contributed by atoms with Crippen molar-refractivity contribution >= 4 is 482 Å². The van der Waals surface area contributed by atoms with Crippen molar-refractivity contribution in [3.63, 3.8) is 0 Å². The van der Waals surface area contributed by atoms with Gasteiger partial charge in [0.15, 0.2) is 0 Å². The minimum Gasteiger partial charge on any atom is 0 e. The van der Waals surface area contributed by atoms with E-state index in [1.165, 1.54) is 0 Å². The predicted octanol–water partition coefficient (Wildman–Crippen LogP) is -25.9. The molecule has 0 rings (SSSR count). The highest BCUT2D eigenvalue weighted by Gasteiger charge is 2.64. The molecule has 204 valence electrons. The zero-order valence-electron chi connectivity index (χ0n) is 39.3. The summed E-state index contributed by atoms with van der Waals surface area (Å²) < 4.78 is 0. The van der Waals surface area contributed by atoms with Crippen LogP contribution in [-0.4, -0.2) is 482 Å². The van der Waals surface area contributed by atoms with Crippen LogP contribution in [0.3, 0.4) is 0 Å². The summed E-state index contributed by atoms with van der Waals surface area (Å²) in [6.45, 7) is 0. The minimum atomic E-state index is -1.68. The molecule has 0 aromatic carbocycles. The molecule has 0 spiro atoms. The van der Waals surface area contributed by atoms with Gasteiger partial charge in [-0.2, -0.15) is 0 Å². The Balaban J connectivity index is 11.5. The zero-order chi connectivity index (χ0) is 54.1. The van der Waals surface area contributed by atoms with Crippen LogP contribution in [-0.2, 0) is 0 Å². The van der Waals surface area contributed by atoms with Crippen molar-refractivity contribution in [1.29, 1.82) is 0 Å². The first kappa shape index (κ1) is 72.4. The normalized spacial score (nSPS) is 9.76. The first-order valence-electron chi connectivity index (χ1n) is 22.3. The van der Waals surface area contributed by atoms with Gasteiger partial charge in [0, 0.05) is 482 Å². The lowest BCUT2D eigenvalue weighted by Gasteiger charge is -2.60. The molecule has 0 unspecified atom stereocenters. The van der Waals surface area contributed by atoms with Crippen LogP contribution in [0.2, 0.25) is 0 Å². The number of rotatable bonds is 32. The van der Waals surface area contributed by atoms with Crippen molar-refractivity contribution in [3.05, 3.63) is 0 Å². The summed E-state index contributed by atoms with van der Waals surface area (Å²) >= 11 is 0. The fourth-order valence-corrected chi connectivity index (χ4v) is 11.8. The van der Waals surface area contributed by atoms with Crippen molar-refractivity contribution in [2.45, 2.75) is 0 Å². The molecule has 70 radical (unpaired) electrons. The first-order valence-corrected chi connectivity index (χ1v) is 22.3. The quantitative estimate of drug-likeness (QED) is 0.0604. The van der Waals surface area contributed by atoms with Gasteiger partial charge in [-0.3, -0.25) is 0 Å². The van der Waals surface area contributed by atoms with Crippen molar-refractivity contribution in [2.75, 3.05) is 0 Å². The maximum atomic E-state index is 7.13. The van der Waals surface area contributed by atoms with Crippen LogP contribution in [0.25, 0.3) is 0 Å². The van der Waals surface area contributed by atoms with Crippen molar-refractivity contribution in [3.8, 4) is 0 Å². The average molecular weight is 735 g/mol. The summed E-state index contributed by atoms with van der Waals surface area (Å²) in [7, 11) is 235. The Morgan fingerprint density at radius 2 is 0.176 bits per heavy atom. The highest BCUT2D eigenvalue weighted by atomic mass is 13.4. The molecule has 0 bridgehead atoms. The lowest BCUT2D eigenvalue weighted by Crippen LogP contribution is -2.98. The largest absolute Gasteiger partial charge is 0 e. The van der Waals surface area contributed by atoms with E-state index < -0.39 is 211 Å². The van der Waals surface area contributed by atoms with Gasteiger partial charge in [-0.1, -0.05) is 0 Å². The summed E-state index contributed by atoms with van der Waals surface area (Å²) in [5.74, 6) is 0. The molecular weight excluding hydrogens is 735 g/mol. The molecule has 0 nitrogen and oxygen atoms in total. The smallest absolute Gasteiger partial charge is 0 e. The van der Waals surface area contributed by atoms with E-state index >= 15 is 0 Å². The Kier molecular flexibility index (Phi) is 35.3. The lowest BCUT2D eigenvalue weighted by atomic mass is 8.21. The van der Waals surface area contributed by atoms with E-state index in [-0.39, 0.29) is 0 Å². The fraction of sp³-hybridized carbons (Fsp3) is 0. The monoisotopic (exact) mass is 749 g/mol. The molecule has 0 N–H and O–H groups in total. The van der Waals surface area contributed by atoms with Crippen molar-refractivity contribution in [1.82, 2.24) is 0 Å². The van der Waals surface area contributed by atoms with E-state index in [2.05, 4.69) is 0 Å². The van der Waals surface area contributed by atoms with E-state index in [1.807, 2.05) is 0 Å². The summed E-state index contributed by atoms with van der Waals surface area (Å²) in [6, 6.07) is 0. The maximum absolute atomic E-state index is 7.13. The molecule has 0 aliphatic rings. The topological polar surface area (TPSA) is 0 Å². The van der Waals surface area contributed by atoms with E-state index in [4.69, 9.17) is 271 Å². The van der Waals surface area contributed by atoms with E-state index in [1.54, 1.807) is 0 Å². The van der Waals surface area contributed by atoms with E-state index in [0.29, 0.717) is 0 Å². The lowest BCUT2D eigenvalue weighted by molar-refractivity contribution is 3.16. The molecule has 0 fully saturated rings. The molecule has 0 aromatic rings. The second-order valence-corrected chi connectivity index (χ2v) is 19.1. The summed E-state index contributed by atoms with van der Waals surface area (Å²) in [5, 5.41) is 0. The summed E-state index contributed by atoms with van der Waals surface area (Å²) in [6.07, 6.45) is -50.6. The van der Waals surface area contributed by atoms with Gasteiger partial charge in [-0.15, -0.1) is 0 Å². The average Bonchev–Trinajstić information content (AvgIpc) is 3.11. The molecule has 0 aliphatic heterocycles. The van der Waals surface area contributed by atoms with Gasteiger partial charge < -0.3 is 0 Å². The molecule has 0 aromatic heterocycles. The Morgan fingerprint density at radius 3 is 0.279 bits per heavy atom. The van der Waals surface area contributed by atoms with Gasteiger partial charge >= 0.3 is 0 Å². The molecule has 68 heavy (non-hydrogen) atoms. The van der Waals surface area contributed by atoms with Gasteiger partial charge in [0.05, 0.1) is 0 Å². The van der Waals surface area contributed by atoms with Crippen LogP contribution in [0.1, 0.15) is 0 Å². The van der Waals surface area contributed by atoms with Crippen LogP contribution in [0.15, 0.2) is 0 Å². The van der Waals surface area contributed by atoms with Gasteiger partial charge in [-0.25, -0.2) is 0 Å². The van der Waals surface area contributed by atoms with Crippen molar-refractivity contribution < 1.29 is 0 Å². The number of hydrogen-bond acceptors (Lipinski definition) is 0. The van der Waals surface area contributed by atoms with Crippen LogP contribution < -0.4 is 0 Å². The van der Waals surface area contributed by atoms with Crippen LogP contribution in [0, 0.1) is 0 Å². The molecule has 68 heteroatoms. The second kappa shape index (κ2) is 33.1. The third-order valence-electron chi connectivity index (χ3n) is 14.2. The molecule has 0 saturated carbocycles. The minimum absolute atomic E-state index is 1.39. The predicted molar refractivity (Wildman–Crippen MR) is 391 cm³/mol. The van der Waals surface area contributed by atoms with E-state index in [0.717, 1.165) is 0 Å². The van der Waals surface area contributed by atoms with Gasteiger partial charge in [0.2, 0.25) is 0 Å². The standard InChI is InChI=1S/B68/c1-36(2)53(35)62(54(37(3)4)38(5)6)66(61(51(31)32)52(33)34)68(65(59(47(23)24)48(25)26)60(49(27)28)50(29)30)67(63(55(39(7)8)40(9)10)56(41(11)12)42(13)14)64(57(43(15)16)44(17)18)58(45(19)20)46(21)22. The van der Waals surface area contributed by atoms with Crippen LogP contribution in [0.5, 0.6) is 0 Å². The highest BCUT2D eigenvalue weighted by Crippen LogP contribution is 2.26. The Hall–Kier alpha value is 4.42. The fourth-order valence-electron chi connectivity index (χ4n) is 11.8. The Labute approximate surface area is 477 Å². The third-order valence-corrected chi connectivity index (χ3v) is 14.2. The Morgan fingerprint density at radius 1 is 0.0882 bits per heavy atom. The summed E-state index contributed by atoms with van der Waals surface area (Å²) in [5.41, 5.74) is 0. The first-order chi connectivity index (χ1) is 30.9. The highest BCUT2D eigenvalue weighted by molar-refractivity contribution is 8.39. The molecule has 0 heterocycles. The maximum Gasteiger partial charge on any atom is 0 e. The van der Waals surface area contributed by atoms with Crippen molar-refractivity contribution in [2.24, 2.45) is 0 Å². The molecule has 0 amide bonds. The van der Waals surface area contributed by atoms with Gasteiger partial charge in [0.25, 0.3) is 0 Å². The molecule has 0 saturated heterocycles. The summed E-state index contributed by atoms with van der Waals surface area (Å²) in [4.78, 5) is 0. The SMILES string of the molecule is [B]B([B])B([B])B(B(B([B])[B])B([B])[B])B(B(B([B])[B])B([B])[B])B(B(B(B([B])[B])B([B])[B])B(B([B])[B])B([B])[B])B(B(B(B([B])[B])B([B])[B])B(B([B])[B])B([B])[B])B(B(B([B])[B])B([B])[B])B(B([B])[B])B([B])[B]. The van der Waals surface area contributed by atoms with Crippen LogP contribution >= 0.6 is 0 Å². The second-order valence-electron chi connectivity index (χ2n) is 19.1. The van der Waals surface area contributed by atoms with E-state index in [9.17, 15) is 0 Å². The molecule has 0 aliphatic carbocycles. The van der Waals surface area contributed by atoms with Gasteiger partial charge in [0.1, 0.15) is 0 Å². The molecular formula is B68. The zero-order valence-corrected chi connectivity index (χ0v) is 39.3. The molecule has 0 atom stereocenters. The third kappa shape index (κ3) is 19.4. The number of hydrogen-bond donors (Lipinski definition) is 0. The Bertz CT molecular complexity index is 1110. The van der Waals surface area contributed by atoms with Gasteiger partial charge in [-0.05, 0) is 0 Å². The van der Waals surface area contributed by atoms with Crippen LogP contribution in [0.4, 0.5) is 0 Å².